The van der Waals surface area contributed by atoms with Crippen LogP contribution in [0.3, 0.4) is 0 Å². The molecule has 0 radical (unpaired) electrons. The van der Waals surface area contributed by atoms with Crippen LogP contribution in [0, 0.1) is 5.92 Å². The Morgan fingerprint density at radius 1 is 1.43 bits per heavy atom. The fraction of sp³-hybridized carbons (Fsp3) is 0.800. The first-order valence-corrected chi connectivity index (χ1v) is 5.18. The molecule has 2 N–H and O–H groups in total. The van der Waals surface area contributed by atoms with E-state index < -0.39 is 0 Å². The van der Waals surface area contributed by atoms with E-state index in [0.29, 0.717) is 0 Å². The largest absolute Gasteiger partial charge is 0.327 e. The molecule has 4 nitrogen and oxygen atoms in total. The lowest BCUT2D eigenvalue weighted by molar-refractivity contribution is 0.483. The normalized spacial score (nSPS) is 13.5. The molecular formula is C10H20N4. The standard InChI is InChI=1S/C10H20N4/c1-8(2)4-5-9(11)6-10-12-7-13-14(10)3/h7-9H,4-6,11H2,1-3H3. The van der Waals surface area contributed by atoms with Crippen molar-refractivity contribution in [1.29, 1.82) is 0 Å². The summed E-state index contributed by atoms with van der Waals surface area (Å²) in [6, 6.07) is 0.209. The summed E-state index contributed by atoms with van der Waals surface area (Å²) in [5.74, 6) is 1.70. The van der Waals surface area contributed by atoms with Gasteiger partial charge in [0.15, 0.2) is 0 Å². The van der Waals surface area contributed by atoms with Gasteiger partial charge in [0.2, 0.25) is 0 Å². The lowest BCUT2D eigenvalue weighted by atomic mass is 10.0. The highest BCUT2D eigenvalue weighted by Gasteiger charge is 2.08. The molecule has 0 bridgehead atoms. The van der Waals surface area contributed by atoms with Gasteiger partial charge < -0.3 is 5.73 Å². The van der Waals surface area contributed by atoms with E-state index in [1.165, 1.54) is 6.42 Å². The summed E-state index contributed by atoms with van der Waals surface area (Å²) in [7, 11) is 1.90. The number of aryl methyl sites for hydroxylation is 1. The van der Waals surface area contributed by atoms with E-state index in [4.69, 9.17) is 5.73 Å². The van der Waals surface area contributed by atoms with Crippen LogP contribution in [0.5, 0.6) is 0 Å². The lowest BCUT2D eigenvalue weighted by Crippen LogP contribution is -2.25. The van der Waals surface area contributed by atoms with Gasteiger partial charge in [-0.05, 0) is 18.8 Å². The Hall–Kier alpha value is -0.900. The minimum atomic E-state index is 0.209. The van der Waals surface area contributed by atoms with Gasteiger partial charge in [-0.25, -0.2) is 4.98 Å². The van der Waals surface area contributed by atoms with E-state index in [1.807, 2.05) is 7.05 Å². The molecule has 0 aliphatic heterocycles. The van der Waals surface area contributed by atoms with E-state index in [1.54, 1.807) is 11.0 Å². The first kappa shape index (κ1) is 11.2. The summed E-state index contributed by atoms with van der Waals surface area (Å²) >= 11 is 0. The quantitative estimate of drug-likeness (QED) is 0.767. The van der Waals surface area contributed by atoms with Crippen LogP contribution in [0.25, 0.3) is 0 Å². The van der Waals surface area contributed by atoms with Crippen molar-refractivity contribution in [3.05, 3.63) is 12.2 Å². The van der Waals surface area contributed by atoms with Gasteiger partial charge in [0.25, 0.3) is 0 Å². The number of hydrogen-bond acceptors (Lipinski definition) is 3. The van der Waals surface area contributed by atoms with Crippen LogP contribution in [-0.2, 0) is 13.5 Å². The molecule has 0 aromatic carbocycles. The van der Waals surface area contributed by atoms with Gasteiger partial charge in [-0.3, -0.25) is 4.68 Å². The molecule has 0 saturated carbocycles. The van der Waals surface area contributed by atoms with Crippen LogP contribution in [-0.4, -0.2) is 20.8 Å². The SMILES string of the molecule is CC(C)CCC(N)Cc1ncnn1C. The highest BCUT2D eigenvalue weighted by molar-refractivity contribution is 4.87. The van der Waals surface area contributed by atoms with Crippen molar-refractivity contribution in [2.75, 3.05) is 0 Å². The lowest BCUT2D eigenvalue weighted by Gasteiger charge is -2.12. The predicted molar refractivity (Wildman–Crippen MR) is 56.8 cm³/mol. The number of hydrogen-bond donors (Lipinski definition) is 1. The van der Waals surface area contributed by atoms with Crippen LogP contribution in [0.4, 0.5) is 0 Å². The van der Waals surface area contributed by atoms with Crippen molar-refractivity contribution in [3.8, 4) is 0 Å². The van der Waals surface area contributed by atoms with Crippen LogP contribution >= 0.6 is 0 Å². The molecule has 0 amide bonds. The van der Waals surface area contributed by atoms with Gasteiger partial charge in [0.1, 0.15) is 12.2 Å². The van der Waals surface area contributed by atoms with Crippen molar-refractivity contribution >= 4 is 0 Å². The van der Waals surface area contributed by atoms with Crippen LogP contribution in [0.1, 0.15) is 32.5 Å². The van der Waals surface area contributed by atoms with E-state index >= 15 is 0 Å². The molecule has 4 heteroatoms. The summed E-state index contributed by atoms with van der Waals surface area (Å²) in [5, 5.41) is 4.01. The Morgan fingerprint density at radius 3 is 2.64 bits per heavy atom. The van der Waals surface area contributed by atoms with E-state index in [9.17, 15) is 0 Å². The molecule has 0 spiro atoms. The van der Waals surface area contributed by atoms with Crippen molar-refractivity contribution in [2.45, 2.75) is 39.2 Å². The molecule has 1 atom stereocenters. The molecule has 1 aromatic rings. The molecule has 0 saturated heterocycles. The molecule has 1 unspecified atom stereocenters. The molecule has 80 valence electrons. The molecule has 0 aliphatic rings. The average molecular weight is 196 g/mol. The molecular weight excluding hydrogens is 176 g/mol. The summed E-state index contributed by atoms with van der Waals surface area (Å²) in [6.07, 6.45) is 4.64. The van der Waals surface area contributed by atoms with Gasteiger partial charge in [-0.2, -0.15) is 5.10 Å². The summed E-state index contributed by atoms with van der Waals surface area (Å²) < 4.78 is 1.79. The minimum Gasteiger partial charge on any atom is -0.327 e. The Bertz CT molecular complexity index is 267. The maximum Gasteiger partial charge on any atom is 0.138 e. The molecule has 1 aromatic heterocycles. The fourth-order valence-electron chi connectivity index (χ4n) is 1.39. The number of rotatable bonds is 5. The van der Waals surface area contributed by atoms with Crippen LogP contribution in [0.15, 0.2) is 6.33 Å². The van der Waals surface area contributed by atoms with Gasteiger partial charge >= 0.3 is 0 Å². The zero-order valence-electron chi connectivity index (χ0n) is 9.27. The van der Waals surface area contributed by atoms with Crippen molar-refractivity contribution in [3.63, 3.8) is 0 Å². The van der Waals surface area contributed by atoms with Gasteiger partial charge in [0, 0.05) is 19.5 Å². The third-order valence-electron chi connectivity index (χ3n) is 2.36. The summed E-state index contributed by atoms with van der Waals surface area (Å²) in [4.78, 5) is 4.15. The maximum atomic E-state index is 6.00. The summed E-state index contributed by atoms with van der Waals surface area (Å²) in [5.41, 5.74) is 6.00. The second-order valence-electron chi connectivity index (χ2n) is 4.24. The monoisotopic (exact) mass is 196 g/mol. The molecule has 0 aliphatic carbocycles. The second-order valence-corrected chi connectivity index (χ2v) is 4.24. The van der Waals surface area contributed by atoms with Gasteiger partial charge in [-0.15, -0.1) is 0 Å². The van der Waals surface area contributed by atoms with E-state index in [2.05, 4.69) is 23.9 Å². The Kier molecular flexibility index (Phi) is 4.07. The van der Waals surface area contributed by atoms with Gasteiger partial charge in [-0.1, -0.05) is 13.8 Å². The third kappa shape index (κ3) is 3.46. The average Bonchev–Trinajstić information content (AvgIpc) is 2.49. The fourth-order valence-corrected chi connectivity index (χ4v) is 1.39. The Labute approximate surface area is 85.5 Å². The van der Waals surface area contributed by atoms with Crippen molar-refractivity contribution < 1.29 is 0 Å². The predicted octanol–water partition coefficient (Wildman–Crippen LogP) is 1.12. The number of aromatic nitrogens is 3. The zero-order valence-corrected chi connectivity index (χ0v) is 9.27. The molecule has 0 fully saturated rings. The van der Waals surface area contributed by atoms with Crippen LogP contribution < -0.4 is 5.73 Å². The number of nitrogens with two attached hydrogens (primary N) is 1. The van der Waals surface area contributed by atoms with Gasteiger partial charge in [0.05, 0.1) is 0 Å². The smallest absolute Gasteiger partial charge is 0.138 e. The number of nitrogens with zero attached hydrogens (tertiary/aromatic N) is 3. The second kappa shape index (κ2) is 5.10. The van der Waals surface area contributed by atoms with Crippen molar-refractivity contribution in [1.82, 2.24) is 14.8 Å². The topological polar surface area (TPSA) is 56.7 Å². The zero-order chi connectivity index (χ0) is 10.6. The summed E-state index contributed by atoms with van der Waals surface area (Å²) in [6.45, 7) is 4.43. The highest BCUT2D eigenvalue weighted by Crippen LogP contribution is 2.08. The minimum absolute atomic E-state index is 0.209. The Morgan fingerprint density at radius 2 is 2.14 bits per heavy atom. The van der Waals surface area contributed by atoms with E-state index in [-0.39, 0.29) is 6.04 Å². The van der Waals surface area contributed by atoms with E-state index in [0.717, 1.165) is 24.6 Å². The highest BCUT2D eigenvalue weighted by atomic mass is 15.3. The third-order valence-corrected chi connectivity index (χ3v) is 2.36. The first-order valence-electron chi connectivity index (χ1n) is 5.18. The van der Waals surface area contributed by atoms with Crippen LogP contribution in [0.2, 0.25) is 0 Å². The molecule has 1 rings (SSSR count). The molecule has 1 heterocycles. The first-order chi connectivity index (χ1) is 6.59. The molecule has 14 heavy (non-hydrogen) atoms. The van der Waals surface area contributed by atoms with Crippen molar-refractivity contribution in [2.24, 2.45) is 18.7 Å². The maximum absolute atomic E-state index is 6.00. The Balaban J connectivity index is 2.34.